The van der Waals surface area contributed by atoms with Crippen molar-refractivity contribution in [1.82, 2.24) is 4.98 Å². The molecule has 0 bridgehead atoms. The van der Waals surface area contributed by atoms with Crippen molar-refractivity contribution in [2.45, 2.75) is 45.3 Å². The van der Waals surface area contributed by atoms with Gasteiger partial charge in [-0.05, 0) is 54.4 Å². The average molecular weight is 426 g/mol. The van der Waals surface area contributed by atoms with E-state index in [1.807, 2.05) is 0 Å². The molecule has 0 saturated heterocycles. The Bertz CT molecular complexity index is 888. The van der Waals surface area contributed by atoms with Crippen LogP contribution in [0.2, 0.25) is 18.1 Å². The monoisotopic (exact) mass is 425 g/mol. The van der Waals surface area contributed by atoms with E-state index in [0.717, 1.165) is 31.4 Å². The molecular formula is C21H26F3NO3Si. The highest BCUT2D eigenvalue weighted by Crippen LogP contribution is 2.36. The van der Waals surface area contributed by atoms with Gasteiger partial charge >= 0.3 is 5.97 Å². The van der Waals surface area contributed by atoms with E-state index in [1.165, 1.54) is 0 Å². The lowest BCUT2D eigenvalue weighted by Crippen LogP contribution is -2.41. The quantitative estimate of drug-likeness (QED) is 0.452. The molecule has 8 heteroatoms. The number of esters is 1. The summed E-state index contributed by atoms with van der Waals surface area (Å²) in [5.41, 5.74) is -1.05. The van der Waals surface area contributed by atoms with Gasteiger partial charge in [-0.3, -0.25) is 0 Å². The highest BCUT2D eigenvalue weighted by Gasteiger charge is 2.36. The number of carbonyl (C=O) groups is 1. The predicted octanol–water partition coefficient (Wildman–Crippen LogP) is 5.52. The van der Waals surface area contributed by atoms with Gasteiger partial charge in [-0.1, -0.05) is 20.8 Å². The first kappa shape index (κ1) is 23.1. The maximum atomic E-state index is 14.6. The minimum Gasteiger partial charge on any atom is -0.464 e. The van der Waals surface area contributed by atoms with Crippen molar-refractivity contribution in [3.8, 4) is 11.3 Å². The van der Waals surface area contributed by atoms with Crippen molar-refractivity contribution < 1.29 is 27.1 Å². The summed E-state index contributed by atoms with van der Waals surface area (Å²) in [6.07, 6.45) is 0.318. The molecule has 29 heavy (non-hydrogen) atoms. The lowest BCUT2D eigenvalue weighted by molar-refractivity contribution is 0.0594. The highest BCUT2D eigenvalue weighted by atomic mass is 28.4. The van der Waals surface area contributed by atoms with Crippen LogP contribution >= 0.6 is 0 Å². The summed E-state index contributed by atoms with van der Waals surface area (Å²) in [6, 6.07) is 4.29. The number of halogens is 3. The lowest BCUT2D eigenvalue weighted by Gasteiger charge is -2.36. The third kappa shape index (κ3) is 5.25. The Labute approximate surface area is 170 Å². The van der Waals surface area contributed by atoms with Gasteiger partial charge < -0.3 is 9.16 Å². The Hall–Kier alpha value is -2.19. The van der Waals surface area contributed by atoms with Gasteiger partial charge in [-0.15, -0.1) is 0 Å². The van der Waals surface area contributed by atoms with Crippen molar-refractivity contribution in [1.29, 1.82) is 0 Å². The van der Waals surface area contributed by atoms with Crippen molar-refractivity contribution in [3.63, 3.8) is 0 Å². The average Bonchev–Trinajstić information content (AvgIpc) is 2.61. The zero-order valence-electron chi connectivity index (χ0n) is 17.5. The molecule has 0 N–H and O–H groups in total. The number of carbonyl (C=O) groups excluding carboxylic acids is 1. The molecule has 0 radical (unpaired) electrons. The number of benzene rings is 1. The maximum Gasteiger partial charge on any atom is 0.356 e. The van der Waals surface area contributed by atoms with Crippen molar-refractivity contribution in [2.24, 2.45) is 0 Å². The van der Waals surface area contributed by atoms with E-state index < -0.39 is 43.0 Å². The summed E-state index contributed by atoms with van der Waals surface area (Å²) in [7, 11) is -0.835. The molecule has 1 heterocycles. The summed E-state index contributed by atoms with van der Waals surface area (Å²) >= 11 is 0. The van der Waals surface area contributed by atoms with Gasteiger partial charge in [0.2, 0.25) is 0 Å². The number of pyridine rings is 1. The van der Waals surface area contributed by atoms with Crippen LogP contribution in [0.15, 0.2) is 24.3 Å². The van der Waals surface area contributed by atoms with Crippen LogP contribution in [0.5, 0.6) is 0 Å². The third-order valence-corrected chi connectivity index (χ3v) is 9.78. The van der Waals surface area contributed by atoms with Crippen molar-refractivity contribution in [2.75, 3.05) is 13.7 Å². The van der Waals surface area contributed by atoms with E-state index in [2.05, 4.69) is 43.6 Å². The second-order valence-corrected chi connectivity index (χ2v) is 13.1. The third-order valence-electron chi connectivity index (χ3n) is 5.24. The normalized spacial score (nSPS) is 12.2. The molecule has 1 aromatic carbocycles. The minimum atomic E-state index is -1.97. The Kier molecular flexibility index (Phi) is 6.90. The minimum absolute atomic E-state index is 0.0290. The standard InChI is InChI=1S/C21H26F3NO3Si/c1-21(2,3)29(5,6)28-10-9-13-11-15(23)18(16(24)12-13)19-14(22)7-8-17(25-19)20(26)27-4/h7-8,11-12H,9-10H2,1-6H3. The molecule has 0 atom stereocenters. The van der Waals surface area contributed by atoms with E-state index in [4.69, 9.17) is 4.43 Å². The number of hydrogen-bond donors (Lipinski definition) is 0. The van der Waals surface area contributed by atoms with Gasteiger partial charge in [-0.2, -0.15) is 0 Å². The smallest absolute Gasteiger partial charge is 0.356 e. The number of aromatic nitrogens is 1. The fraction of sp³-hybridized carbons (Fsp3) is 0.429. The molecule has 2 aromatic rings. The Morgan fingerprint density at radius 1 is 1.07 bits per heavy atom. The van der Waals surface area contributed by atoms with Gasteiger partial charge in [0, 0.05) is 6.61 Å². The molecule has 0 amide bonds. The Morgan fingerprint density at radius 2 is 1.66 bits per heavy atom. The molecule has 0 fully saturated rings. The first-order chi connectivity index (χ1) is 13.4. The Balaban J connectivity index is 2.28. The molecule has 1 aromatic heterocycles. The highest BCUT2D eigenvalue weighted by molar-refractivity contribution is 6.74. The topological polar surface area (TPSA) is 48.4 Å². The zero-order valence-corrected chi connectivity index (χ0v) is 18.5. The van der Waals surface area contributed by atoms with Crippen LogP contribution in [0.25, 0.3) is 11.3 Å². The van der Waals surface area contributed by atoms with Crippen LogP contribution < -0.4 is 0 Å². The van der Waals surface area contributed by atoms with Crippen LogP contribution in [-0.4, -0.2) is 33.0 Å². The van der Waals surface area contributed by atoms with Crippen LogP contribution in [0.3, 0.4) is 0 Å². The van der Waals surface area contributed by atoms with Gasteiger partial charge in [0.25, 0.3) is 0 Å². The van der Waals surface area contributed by atoms with E-state index in [-0.39, 0.29) is 10.7 Å². The second kappa shape index (κ2) is 8.67. The van der Waals surface area contributed by atoms with Gasteiger partial charge in [-0.25, -0.2) is 22.9 Å². The number of methoxy groups -OCH3 is 1. The van der Waals surface area contributed by atoms with Crippen LogP contribution in [-0.2, 0) is 15.6 Å². The molecule has 0 saturated carbocycles. The van der Waals surface area contributed by atoms with E-state index in [1.54, 1.807) is 0 Å². The zero-order chi connectivity index (χ0) is 22.0. The Morgan fingerprint density at radius 3 is 2.17 bits per heavy atom. The van der Waals surface area contributed by atoms with Crippen molar-refractivity contribution in [3.05, 3.63) is 53.0 Å². The molecule has 0 aliphatic rings. The largest absolute Gasteiger partial charge is 0.464 e. The van der Waals surface area contributed by atoms with Gasteiger partial charge in [0.15, 0.2) is 8.32 Å². The summed E-state index contributed by atoms with van der Waals surface area (Å²) in [5.74, 6) is -3.68. The van der Waals surface area contributed by atoms with Crippen LogP contribution in [0.1, 0.15) is 36.8 Å². The molecule has 0 aliphatic heterocycles. The van der Waals surface area contributed by atoms with Gasteiger partial charge in [0.05, 0.1) is 12.7 Å². The molecule has 0 spiro atoms. The second-order valence-electron chi connectivity index (χ2n) is 8.31. The first-order valence-electron chi connectivity index (χ1n) is 9.24. The SMILES string of the molecule is COC(=O)c1ccc(F)c(-c2c(F)cc(CCO[Si](C)(C)C(C)(C)C)cc2F)n1. The first-order valence-corrected chi connectivity index (χ1v) is 12.2. The molecule has 2 rings (SSSR count). The maximum absolute atomic E-state index is 14.6. The summed E-state index contributed by atoms with van der Waals surface area (Å²) < 4.78 is 54.0. The molecule has 4 nitrogen and oxygen atoms in total. The van der Waals surface area contributed by atoms with Crippen LogP contribution in [0.4, 0.5) is 13.2 Å². The molecular weight excluding hydrogens is 399 g/mol. The van der Waals surface area contributed by atoms with E-state index in [0.29, 0.717) is 18.6 Å². The predicted molar refractivity (Wildman–Crippen MR) is 108 cm³/mol. The lowest BCUT2D eigenvalue weighted by atomic mass is 10.0. The molecule has 0 unspecified atom stereocenters. The van der Waals surface area contributed by atoms with E-state index in [9.17, 15) is 18.0 Å². The number of nitrogens with zero attached hydrogens (tertiary/aromatic N) is 1. The van der Waals surface area contributed by atoms with Gasteiger partial charge in [0.1, 0.15) is 28.8 Å². The van der Waals surface area contributed by atoms with E-state index >= 15 is 0 Å². The number of ether oxygens (including phenoxy) is 1. The summed E-state index contributed by atoms with van der Waals surface area (Å²) in [4.78, 5) is 15.3. The fourth-order valence-corrected chi connectivity index (χ4v) is 3.52. The molecule has 0 aliphatic carbocycles. The number of rotatable bonds is 6. The summed E-state index contributed by atoms with van der Waals surface area (Å²) in [6.45, 7) is 10.9. The number of hydrogen-bond acceptors (Lipinski definition) is 4. The summed E-state index contributed by atoms with van der Waals surface area (Å²) in [5, 5.41) is 0.0290. The molecule has 158 valence electrons. The van der Waals surface area contributed by atoms with Crippen LogP contribution in [0, 0.1) is 17.5 Å². The van der Waals surface area contributed by atoms with Crippen molar-refractivity contribution >= 4 is 14.3 Å². The fourth-order valence-electron chi connectivity index (χ4n) is 2.47.